The summed E-state index contributed by atoms with van der Waals surface area (Å²) in [6.07, 6.45) is 1.40. The average molecular weight is 407 g/mol. The topological polar surface area (TPSA) is 86.4 Å². The molecule has 0 unspecified atom stereocenters. The van der Waals surface area contributed by atoms with Crippen molar-refractivity contribution in [3.8, 4) is 17.0 Å². The van der Waals surface area contributed by atoms with Gasteiger partial charge < -0.3 is 14.5 Å². The summed E-state index contributed by atoms with van der Waals surface area (Å²) in [5.41, 5.74) is 1.33. The summed E-state index contributed by atoms with van der Waals surface area (Å²) in [5, 5.41) is 3.48. The number of halogens is 1. The van der Waals surface area contributed by atoms with E-state index in [0.717, 1.165) is 5.39 Å². The highest BCUT2D eigenvalue weighted by Gasteiger charge is 2.14. The molecule has 8 heteroatoms. The minimum absolute atomic E-state index is 0.159. The Kier molecular flexibility index (Phi) is 5.30. The van der Waals surface area contributed by atoms with Crippen molar-refractivity contribution in [3.63, 3.8) is 0 Å². The van der Waals surface area contributed by atoms with Crippen LogP contribution in [-0.2, 0) is 6.54 Å². The molecule has 0 aliphatic heterocycles. The first-order chi connectivity index (χ1) is 14.5. The van der Waals surface area contributed by atoms with Gasteiger partial charge in [-0.3, -0.25) is 14.2 Å². The van der Waals surface area contributed by atoms with Crippen LogP contribution in [0.1, 0.15) is 10.6 Å². The fourth-order valence-electron chi connectivity index (χ4n) is 3.06. The van der Waals surface area contributed by atoms with Crippen molar-refractivity contribution >= 4 is 16.9 Å². The van der Waals surface area contributed by atoms with E-state index in [4.69, 9.17) is 9.15 Å². The van der Waals surface area contributed by atoms with Gasteiger partial charge in [-0.15, -0.1) is 0 Å². The largest absolute Gasteiger partial charge is 0.493 e. The van der Waals surface area contributed by atoms with E-state index in [2.05, 4.69) is 10.3 Å². The van der Waals surface area contributed by atoms with Gasteiger partial charge in [-0.05, 0) is 36.4 Å². The second-order valence-electron chi connectivity index (χ2n) is 6.56. The van der Waals surface area contributed by atoms with Gasteiger partial charge in [-0.2, -0.15) is 0 Å². The number of amides is 1. The Morgan fingerprint density at radius 1 is 1.20 bits per heavy atom. The number of rotatable bonds is 6. The van der Waals surface area contributed by atoms with Crippen LogP contribution in [0.4, 0.5) is 4.39 Å². The number of nitrogens with zero attached hydrogens (tertiary/aromatic N) is 2. The maximum Gasteiger partial charge on any atom is 0.287 e. The van der Waals surface area contributed by atoms with Gasteiger partial charge in [0.2, 0.25) is 0 Å². The molecule has 0 spiro atoms. The Bertz CT molecular complexity index is 1260. The zero-order valence-corrected chi connectivity index (χ0v) is 16.1. The second kappa shape index (κ2) is 8.20. The molecular weight excluding hydrogens is 389 g/mol. The van der Waals surface area contributed by atoms with E-state index in [1.807, 2.05) is 12.1 Å². The number of para-hydroxylation sites is 1. The summed E-state index contributed by atoms with van der Waals surface area (Å²) in [4.78, 5) is 28.9. The molecule has 0 aliphatic carbocycles. The lowest BCUT2D eigenvalue weighted by Gasteiger charge is -2.07. The Balaban J connectivity index is 1.41. The molecule has 2 aromatic heterocycles. The molecule has 2 aromatic carbocycles. The van der Waals surface area contributed by atoms with E-state index in [0.29, 0.717) is 22.6 Å². The third-order valence-electron chi connectivity index (χ3n) is 4.61. The predicted octanol–water partition coefficient (Wildman–Crippen LogP) is 3.23. The van der Waals surface area contributed by atoms with Gasteiger partial charge >= 0.3 is 0 Å². The van der Waals surface area contributed by atoms with Crippen LogP contribution < -0.4 is 15.6 Å². The van der Waals surface area contributed by atoms with Gasteiger partial charge in [0.05, 0.1) is 19.1 Å². The highest BCUT2D eigenvalue weighted by Crippen LogP contribution is 2.28. The molecule has 0 aliphatic rings. The molecule has 0 atom stereocenters. The fraction of sp³-hybridized carbons (Fsp3) is 0.136. The quantitative estimate of drug-likeness (QED) is 0.530. The second-order valence-corrected chi connectivity index (χ2v) is 6.56. The standard InChI is InChI=1S/C22H18FN3O4/c1-29-18-4-2-3-15-11-19(30-21(15)18)22(28)24-9-10-26-13-25-17(12-20(26)27)14-5-7-16(23)8-6-14/h2-8,11-13H,9-10H2,1H3,(H,24,28). The lowest BCUT2D eigenvalue weighted by atomic mass is 10.1. The molecule has 30 heavy (non-hydrogen) atoms. The first kappa shape index (κ1) is 19.4. The molecule has 0 fully saturated rings. The van der Waals surface area contributed by atoms with Crippen LogP contribution >= 0.6 is 0 Å². The van der Waals surface area contributed by atoms with E-state index in [-0.39, 0.29) is 30.2 Å². The third kappa shape index (κ3) is 3.93. The summed E-state index contributed by atoms with van der Waals surface area (Å²) >= 11 is 0. The van der Waals surface area contributed by atoms with E-state index < -0.39 is 5.91 Å². The maximum absolute atomic E-state index is 13.0. The average Bonchev–Trinajstić information content (AvgIpc) is 3.20. The molecule has 2 heterocycles. The van der Waals surface area contributed by atoms with E-state index in [1.165, 1.54) is 36.2 Å². The number of benzene rings is 2. The van der Waals surface area contributed by atoms with Crippen molar-refractivity contribution in [2.24, 2.45) is 0 Å². The monoisotopic (exact) mass is 407 g/mol. The van der Waals surface area contributed by atoms with Crippen LogP contribution in [0.15, 0.2) is 70.1 Å². The van der Waals surface area contributed by atoms with Gasteiger partial charge in [0, 0.05) is 30.1 Å². The van der Waals surface area contributed by atoms with Crippen molar-refractivity contribution < 1.29 is 18.3 Å². The van der Waals surface area contributed by atoms with Gasteiger partial charge in [-0.1, -0.05) is 12.1 Å². The summed E-state index contributed by atoms with van der Waals surface area (Å²) < 4.78 is 25.3. The Morgan fingerprint density at radius 2 is 2.00 bits per heavy atom. The van der Waals surface area contributed by atoms with E-state index in [9.17, 15) is 14.0 Å². The number of furan rings is 1. The van der Waals surface area contributed by atoms with E-state index >= 15 is 0 Å². The smallest absolute Gasteiger partial charge is 0.287 e. The van der Waals surface area contributed by atoms with Crippen molar-refractivity contribution in [3.05, 3.63) is 82.9 Å². The molecular formula is C22H18FN3O4. The lowest BCUT2D eigenvalue weighted by molar-refractivity contribution is 0.0926. The molecule has 0 saturated heterocycles. The molecule has 1 amide bonds. The van der Waals surface area contributed by atoms with Gasteiger partial charge in [0.15, 0.2) is 17.1 Å². The van der Waals surface area contributed by atoms with Gasteiger partial charge in [-0.25, -0.2) is 9.37 Å². The molecule has 0 radical (unpaired) electrons. The zero-order chi connectivity index (χ0) is 21.1. The van der Waals surface area contributed by atoms with Crippen molar-refractivity contribution in [2.75, 3.05) is 13.7 Å². The number of carbonyl (C=O) groups excluding carboxylic acids is 1. The Labute approximate surface area is 170 Å². The highest BCUT2D eigenvalue weighted by molar-refractivity contribution is 5.97. The molecule has 0 saturated carbocycles. The van der Waals surface area contributed by atoms with Crippen molar-refractivity contribution in [1.82, 2.24) is 14.9 Å². The Morgan fingerprint density at radius 3 is 2.73 bits per heavy atom. The van der Waals surface area contributed by atoms with Crippen molar-refractivity contribution in [1.29, 1.82) is 0 Å². The van der Waals surface area contributed by atoms with E-state index in [1.54, 1.807) is 24.3 Å². The lowest BCUT2D eigenvalue weighted by Crippen LogP contribution is -2.30. The van der Waals surface area contributed by atoms with Crippen LogP contribution in [0.5, 0.6) is 5.75 Å². The summed E-state index contributed by atoms with van der Waals surface area (Å²) in [6.45, 7) is 0.454. The fourth-order valence-corrected chi connectivity index (χ4v) is 3.06. The summed E-state index contributed by atoms with van der Waals surface area (Å²) in [7, 11) is 1.53. The van der Waals surface area contributed by atoms with Crippen LogP contribution in [0.2, 0.25) is 0 Å². The first-order valence-corrected chi connectivity index (χ1v) is 9.22. The first-order valence-electron chi connectivity index (χ1n) is 9.22. The number of ether oxygens (including phenoxy) is 1. The van der Waals surface area contributed by atoms with Gasteiger partial charge in [0.1, 0.15) is 5.82 Å². The minimum Gasteiger partial charge on any atom is -0.493 e. The number of aromatic nitrogens is 2. The highest BCUT2D eigenvalue weighted by atomic mass is 19.1. The number of nitrogens with one attached hydrogen (secondary N) is 1. The molecule has 152 valence electrons. The normalized spacial score (nSPS) is 10.9. The summed E-state index contributed by atoms with van der Waals surface area (Å²) in [5.74, 6) is -0.0417. The SMILES string of the molecule is COc1cccc2cc(C(=O)NCCn3cnc(-c4ccc(F)cc4)cc3=O)oc12. The van der Waals surface area contributed by atoms with Crippen LogP contribution in [-0.4, -0.2) is 29.1 Å². The molecule has 7 nitrogen and oxygen atoms in total. The Hall–Kier alpha value is -3.94. The maximum atomic E-state index is 13.0. The number of methoxy groups -OCH3 is 1. The zero-order valence-electron chi connectivity index (χ0n) is 16.1. The van der Waals surface area contributed by atoms with Crippen LogP contribution in [0.3, 0.4) is 0 Å². The van der Waals surface area contributed by atoms with Crippen LogP contribution in [0.25, 0.3) is 22.2 Å². The molecule has 4 aromatic rings. The third-order valence-corrected chi connectivity index (χ3v) is 4.61. The summed E-state index contributed by atoms with van der Waals surface area (Å²) in [6, 6.07) is 14.1. The van der Waals surface area contributed by atoms with Crippen molar-refractivity contribution in [2.45, 2.75) is 6.54 Å². The minimum atomic E-state index is -0.391. The van der Waals surface area contributed by atoms with Gasteiger partial charge in [0.25, 0.3) is 11.5 Å². The molecule has 1 N–H and O–H groups in total. The number of carbonyl (C=O) groups is 1. The van der Waals surface area contributed by atoms with Crippen LogP contribution in [0, 0.1) is 5.82 Å². The molecule has 4 rings (SSSR count). The number of hydrogen-bond donors (Lipinski definition) is 1. The number of hydrogen-bond acceptors (Lipinski definition) is 5. The number of fused-ring (bicyclic) bond motifs is 1. The predicted molar refractivity (Wildman–Crippen MR) is 109 cm³/mol. The molecule has 0 bridgehead atoms.